The average Bonchev–Trinajstić information content (AvgIpc) is 2.81. The maximum absolute atomic E-state index is 11.8. The van der Waals surface area contributed by atoms with Crippen LogP contribution < -0.4 is 0 Å². The Morgan fingerprint density at radius 2 is 0.714 bits per heavy atom. The first-order valence-electron chi connectivity index (χ1n) is 15.2. The first-order valence-corrected chi connectivity index (χ1v) is 15.2. The molecule has 0 aromatic rings. The van der Waals surface area contributed by atoms with Gasteiger partial charge in [0, 0.05) is 12.8 Å². The first kappa shape index (κ1) is 33.9. The molecule has 0 amide bonds. The summed E-state index contributed by atoms with van der Waals surface area (Å²) in [6, 6.07) is 0. The van der Waals surface area contributed by atoms with Gasteiger partial charge in [-0.2, -0.15) is 0 Å². The van der Waals surface area contributed by atoms with Crippen LogP contribution in [0.1, 0.15) is 163 Å². The molecule has 0 fully saturated rings. The summed E-state index contributed by atoms with van der Waals surface area (Å²) < 4.78 is 10.7. The van der Waals surface area contributed by atoms with Crippen molar-refractivity contribution < 1.29 is 19.1 Å². The average molecular weight is 497 g/mol. The Balaban J connectivity index is 3.27. The van der Waals surface area contributed by atoms with E-state index in [9.17, 15) is 9.59 Å². The third-order valence-electron chi connectivity index (χ3n) is 6.64. The van der Waals surface area contributed by atoms with Crippen LogP contribution in [0.15, 0.2) is 0 Å². The van der Waals surface area contributed by atoms with E-state index in [2.05, 4.69) is 27.7 Å². The van der Waals surface area contributed by atoms with Crippen LogP contribution in [0.25, 0.3) is 0 Å². The van der Waals surface area contributed by atoms with Gasteiger partial charge >= 0.3 is 11.9 Å². The minimum absolute atomic E-state index is 0.0329. The molecule has 35 heavy (non-hydrogen) atoms. The van der Waals surface area contributed by atoms with Crippen molar-refractivity contribution in [1.82, 2.24) is 0 Å². The van der Waals surface area contributed by atoms with Gasteiger partial charge in [-0.05, 0) is 37.5 Å². The summed E-state index contributed by atoms with van der Waals surface area (Å²) in [6.45, 7) is 10.3. The molecule has 0 radical (unpaired) electrons. The van der Waals surface area contributed by atoms with Crippen molar-refractivity contribution in [2.24, 2.45) is 11.8 Å². The topological polar surface area (TPSA) is 52.6 Å². The predicted octanol–water partition coefficient (Wildman–Crippen LogP) is 9.58. The van der Waals surface area contributed by atoms with Gasteiger partial charge in [-0.3, -0.25) is 9.59 Å². The lowest BCUT2D eigenvalue weighted by atomic mass is 10.0. The Morgan fingerprint density at radius 1 is 0.429 bits per heavy atom. The van der Waals surface area contributed by atoms with Crippen molar-refractivity contribution in [3.8, 4) is 0 Å². The standard InChI is InChI=1S/C31H60O4/c1-28(2)22-16-10-8-14-20-26-34-30(32)24-18-12-6-5-7-13-19-25-31(33)35-27-21-15-9-11-17-23-29(3)4/h28-29H,5-27H2,1-4H3. The Kier molecular flexibility index (Phi) is 25.2. The molecule has 0 unspecified atom stereocenters. The summed E-state index contributed by atoms with van der Waals surface area (Å²) in [5.41, 5.74) is 0. The molecule has 0 aliphatic carbocycles. The van der Waals surface area contributed by atoms with Gasteiger partial charge in [-0.1, -0.05) is 124 Å². The number of ether oxygens (including phenoxy) is 2. The Hall–Kier alpha value is -1.06. The van der Waals surface area contributed by atoms with Crippen LogP contribution in [0.2, 0.25) is 0 Å². The van der Waals surface area contributed by atoms with Gasteiger partial charge in [-0.25, -0.2) is 0 Å². The fraction of sp³-hybridized carbons (Fsp3) is 0.935. The molecule has 0 rings (SSSR count). The molecule has 0 N–H and O–H groups in total. The van der Waals surface area contributed by atoms with E-state index in [1.165, 1.54) is 70.6 Å². The summed E-state index contributed by atoms with van der Waals surface area (Å²) in [5.74, 6) is 1.55. The highest BCUT2D eigenvalue weighted by Gasteiger charge is 2.04. The molecular weight excluding hydrogens is 436 g/mol. The van der Waals surface area contributed by atoms with Crippen LogP contribution in [0.3, 0.4) is 0 Å². The number of hydrogen-bond donors (Lipinski definition) is 0. The predicted molar refractivity (Wildman–Crippen MR) is 149 cm³/mol. The van der Waals surface area contributed by atoms with Crippen molar-refractivity contribution in [3.05, 3.63) is 0 Å². The van der Waals surface area contributed by atoms with Gasteiger partial charge in [0.1, 0.15) is 0 Å². The molecule has 0 saturated carbocycles. The van der Waals surface area contributed by atoms with Crippen molar-refractivity contribution in [3.63, 3.8) is 0 Å². The number of unbranched alkanes of at least 4 members (excludes halogenated alkanes) is 14. The highest BCUT2D eigenvalue weighted by molar-refractivity contribution is 5.69. The normalized spacial score (nSPS) is 11.4. The lowest BCUT2D eigenvalue weighted by Crippen LogP contribution is -2.05. The maximum atomic E-state index is 11.8. The first-order chi connectivity index (χ1) is 16.9. The van der Waals surface area contributed by atoms with Crippen molar-refractivity contribution >= 4 is 11.9 Å². The molecule has 0 aromatic heterocycles. The van der Waals surface area contributed by atoms with Gasteiger partial charge in [0.2, 0.25) is 0 Å². The lowest BCUT2D eigenvalue weighted by molar-refractivity contribution is -0.144. The molecule has 0 atom stereocenters. The molecule has 4 nitrogen and oxygen atoms in total. The van der Waals surface area contributed by atoms with Crippen LogP contribution in [-0.2, 0) is 19.1 Å². The molecular formula is C31H60O4. The van der Waals surface area contributed by atoms with E-state index in [0.717, 1.165) is 63.2 Å². The molecule has 4 heteroatoms. The van der Waals surface area contributed by atoms with E-state index in [1.54, 1.807) is 0 Å². The fourth-order valence-corrected chi connectivity index (χ4v) is 4.31. The van der Waals surface area contributed by atoms with E-state index in [1.807, 2.05) is 0 Å². The lowest BCUT2D eigenvalue weighted by Gasteiger charge is -2.06. The third kappa shape index (κ3) is 29.1. The minimum Gasteiger partial charge on any atom is -0.466 e. The van der Waals surface area contributed by atoms with Crippen molar-refractivity contribution in [2.75, 3.05) is 13.2 Å². The number of hydrogen-bond acceptors (Lipinski definition) is 4. The van der Waals surface area contributed by atoms with Crippen LogP contribution in [0.4, 0.5) is 0 Å². The van der Waals surface area contributed by atoms with E-state index in [-0.39, 0.29) is 11.9 Å². The van der Waals surface area contributed by atoms with Crippen LogP contribution in [0, 0.1) is 11.8 Å². The molecule has 0 aliphatic rings. The third-order valence-corrected chi connectivity index (χ3v) is 6.64. The zero-order valence-corrected chi connectivity index (χ0v) is 24.1. The number of carbonyl (C=O) groups excluding carboxylic acids is 2. The second kappa shape index (κ2) is 26.0. The largest absolute Gasteiger partial charge is 0.466 e. The van der Waals surface area contributed by atoms with Crippen LogP contribution >= 0.6 is 0 Å². The Bertz CT molecular complexity index is 431. The smallest absolute Gasteiger partial charge is 0.305 e. The SMILES string of the molecule is CC(C)CCCCCCCOC(=O)CCCCCCCCCC(=O)OCCCCCCCC(C)C. The number of rotatable bonds is 26. The van der Waals surface area contributed by atoms with Gasteiger partial charge in [-0.15, -0.1) is 0 Å². The molecule has 0 heterocycles. The fourth-order valence-electron chi connectivity index (χ4n) is 4.31. The van der Waals surface area contributed by atoms with Crippen LogP contribution in [-0.4, -0.2) is 25.2 Å². The summed E-state index contributed by atoms with van der Waals surface area (Å²) >= 11 is 0. The maximum Gasteiger partial charge on any atom is 0.305 e. The van der Waals surface area contributed by atoms with Crippen LogP contribution in [0.5, 0.6) is 0 Å². The summed E-state index contributed by atoms with van der Waals surface area (Å²) in [6.07, 6.45) is 23.4. The van der Waals surface area contributed by atoms with Gasteiger partial charge in [0.15, 0.2) is 0 Å². The summed E-state index contributed by atoms with van der Waals surface area (Å²) in [4.78, 5) is 23.6. The number of carbonyl (C=O) groups is 2. The Morgan fingerprint density at radius 3 is 1.06 bits per heavy atom. The molecule has 208 valence electrons. The molecule has 0 saturated heterocycles. The minimum atomic E-state index is -0.0329. The monoisotopic (exact) mass is 496 g/mol. The second-order valence-corrected chi connectivity index (χ2v) is 11.3. The zero-order chi connectivity index (χ0) is 26.0. The van der Waals surface area contributed by atoms with Gasteiger partial charge < -0.3 is 9.47 Å². The van der Waals surface area contributed by atoms with Gasteiger partial charge in [0.25, 0.3) is 0 Å². The van der Waals surface area contributed by atoms with Gasteiger partial charge in [0.05, 0.1) is 13.2 Å². The quantitative estimate of drug-likeness (QED) is 0.0883. The van der Waals surface area contributed by atoms with E-state index in [4.69, 9.17) is 9.47 Å². The Labute approximate surface area is 218 Å². The zero-order valence-electron chi connectivity index (χ0n) is 24.1. The van der Waals surface area contributed by atoms with Crippen molar-refractivity contribution in [2.45, 2.75) is 163 Å². The molecule has 0 spiro atoms. The molecule has 0 aliphatic heterocycles. The summed E-state index contributed by atoms with van der Waals surface area (Å²) in [5, 5.41) is 0. The highest BCUT2D eigenvalue weighted by atomic mass is 16.5. The van der Waals surface area contributed by atoms with Crippen molar-refractivity contribution in [1.29, 1.82) is 0 Å². The van der Waals surface area contributed by atoms with E-state index in [0.29, 0.717) is 26.1 Å². The highest BCUT2D eigenvalue weighted by Crippen LogP contribution is 2.13. The summed E-state index contributed by atoms with van der Waals surface area (Å²) in [7, 11) is 0. The number of esters is 2. The second-order valence-electron chi connectivity index (χ2n) is 11.3. The molecule has 0 aromatic carbocycles. The molecule has 0 bridgehead atoms. The van der Waals surface area contributed by atoms with E-state index < -0.39 is 0 Å². The van der Waals surface area contributed by atoms with E-state index >= 15 is 0 Å².